The van der Waals surface area contributed by atoms with Crippen LogP contribution < -0.4 is 5.32 Å². The number of carboxylic acids is 1. The van der Waals surface area contributed by atoms with Gasteiger partial charge in [0, 0.05) is 12.6 Å². The van der Waals surface area contributed by atoms with E-state index in [1.807, 2.05) is 6.92 Å². The first-order chi connectivity index (χ1) is 7.82. The normalized spacial score (nSPS) is 30.8. The molecule has 98 valence electrons. The second-order valence-corrected chi connectivity index (χ2v) is 5.22. The van der Waals surface area contributed by atoms with Crippen molar-refractivity contribution in [2.75, 3.05) is 6.54 Å². The Morgan fingerprint density at radius 3 is 2.47 bits per heavy atom. The number of nitrogens with zero attached hydrogens (tertiary/aromatic N) is 1. The van der Waals surface area contributed by atoms with Crippen LogP contribution in [-0.4, -0.2) is 40.6 Å². The van der Waals surface area contributed by atoms with Gasteiger partial charge in [0.15, 0.2) is 0 Å². The third-order valence-electron chi connectivity index (χ3n) is 3.57. The smallest absolute Gasteiger partial charge is 0.325 e. The van der Waals surface area contributed by atoms with E-state index < -0.39 is 12.0 Å². The first-order valence-electron chi connectivity index (χ1n) is 6.12. The number of carboxylic acid groups (broad SMARTS) is 1. The average molecular weight is 242 g/mol. The van der Waals surface area contributed by atoms with E-state index in [4.69, 9.17) is 5.11 Å². The molecule has 1 aliphatic rings. The fourth-order valence-corrected chi connectivity index (χ4v) is 2.31. The van der Waals surface area contributed by atoms with Crippen molar-refractivity contribution in [2.24, 2.45) is 11.8 Å². The number of amides is 2. The summed E-state index contributed by atoms with van der Waals surface area (Å²) in [6.07, 6.45) is 1.11. The minimum atomic E-state index is -1.01. The highest BCUT2D eigenvalue weighted by molar-refractivity contribution is 5.82. The summed E-state index contributed by atoms with van der Waals surface area (Å²) in [5, 5.41) is 11.3. The second kappa shape index (κ2) is 5.38. The van der Waals surface area contributed by atoms with Crippen LogP contribution in [0.3, 0.4) is 0 Å². The van der Waals surface area contributed by atoms with Gasteiger partial charge in [-0.25, -0.2) is 4.79 Å². The number of carbonyl (C=O) groups excluding carboxylic acids is 1. The standard InChI is InChI=1S/C12H22N2O3/c1-7-5-8(2)10(4)14(6-7)12(17)13-9(3)11(15)16/h7-10H,5-6H2,1-4H3,(H,13,17)(H,15,16). The lowest BCUT2D eigenvalue weighted by molar-refractivity contribution is -0.138. The lowest BCUT2D eigenvalue weighted by Gasteiger charge is -2.41. The molecule has 5 heteroatoms. The number of aliphatic carboxylic acids is 1. The van der Waals surface area contributed by atoms with Gasteiger partial charge in [-0.3, -0.25) is 4.79 Å². The summed E-state index contributed by atoms with van der Waals surface area (Å²) < 4.78 is 0. The summed E-state index contributed by atoms with van der Waals surface area (Å²) in [6.45, 7) is 8.43. The van der Waals surface area contributed by atoms with Crippen LogP contribution in [0, 0.1) is 11.8 Å². The van der Waals surface area contributed by atoms with Crippen LogP contribution in [0.15, 0.2) is 0 Å². The monoisotopic (exact) mass is 242 g/mol. The molecule has 5 nitrogen and oxygen atoms in total. The van der Waals surface area contributed by atoms with Gasteiger partial charge in [0.1, 0.15) is 6.04 Å². The molecule has 2 N–H and O–H groups in total. The summed E-state index contributed by atoms with van der Waals surface area (Å²) >= 11 is 0. The van der Waals surface area contributed by atoms with Crippen LogP contribution in [0.5, 0.6) is 0 Å². The second-order valence-electron chi connectivity index (χ2n) is 5.22. The first-order valence-corrected chi connectivity index (χ1v) is 6.12. The highest BCUT2D eigenvalue weighted by atomic mass is 16.4. The van der Waals surface area contributed by atoms with E-state index in [2.05, 4.69) is 19.2 Å². The zero-order valence-corrected chi connectivity index (χ0v) is 10.9. The number of hydrogen-bond acceptors (Lipinski definition) is 2. The third-order valence-corrected chi connectivity index (χ3v) is 3.57. The molecule has 0 aromatic carbocycles. The molecule has 1 aliphatic heterocycles. The van der Waals surface area contributed by atoms with Crippen LogP contribution in [0.1, 0.15) is 34.1 Å². The molecule has 1 rings (SSSR count). The number of hydrogen-bond donors (Lipinski definition) is 2. The Labute approximate surface area is 102 Å². The zero-order chi connectivity index (χ0) is 13.2. The van der Waals surface area contributed by atoms with E-state index in [0.717, 1.165) is 6.42 Å². The summed E-state index contributed by atoms with van der Waals surface area (Å²) in [6, 6.07) is -0.958. The van der Waals surface area contributed by atoms with Crippen molar-refractivity contribution < 1.29 is 14.7 Å². The number of carbonyl (C=O) groups is 2. The van der Waals surface area contributed by atoms with E-state index in [9.17, 15) is 9.59 Å². The Kier molecular flexibility index (Phi) is 4.37. The molecule has 0 radical (unpaired) electrons. The molecule has 1 heterocycles. The first kappa shape index (κ1) is 13.8. The Hall–Kier alpha value is -1.26. The molecule has 0 spiro atoms. The average Bonchev–Trinajstić information content (AvgIpc) is 2.22. The van der Waals surface area contributed by atoms with Crippen molar-refractivity contribution in [3.8, 4) is 0 Å². The number of urea groups is 1. The minimum Gasteiger partial charge on any atom is -0.480 e. The Balaban J connectivity index is 2.64. The topological polar surface area (TPSA) is 69.6 Å². The molecule has 0 saturated carbocycles. The third kappa shape index (κ3) is 3.35. The predicted molar refractivity (Wildman–Crippen MR) is 64.7 cm³/mol. The van der Waals surface area contributed by atoms with Crippen LogP contribution >= 0.6 is 0 Å². The van der Waals surface area contributed by atoms with Crippen LogP contribution in [0.25, 0.3) is 0 Å². The fourth-order valence-electron chi connectivity index (χ4n) is 2.31. The molecule has 0 bridgehead atoms. The highest BCUT2D eigenvalue weighted by Gasteiger charge is 2.32. The van der Waals surface area contributed by atoms with E-state index in [-0.39, 0.29) is 12.1 Å². The van der Waals surface area contributed by atoms with Gasteiger partial charge >= 0.3 is 12.0 Å². The molecule has 0 aromatic heterocycles. The number of rotatable bonds is 2. The van der Waals surface area contributed by atoms with Crippen molar-refractivity contribution >= 4 is 12.0 Å². The summed E-state index contributed by atoms with van der Waals surface area (Å²) in [4.78, 5) is 24.4. The maximum atomic E-state index is 12.0. The Morgan fingerprint density at radius 2 is 1.94 bits per heavy atom. The number of likely N-dealkylation sites (tertiary alicyclic amines) is 1. The van der Waals surface area contributed by atoms with Gasteiger partial charge in [0.25, 0.3) is 0 Å². The van der Waals surface area contributed by atoms with E-state index in [1.54, 1.807) is 4.90 Å². The van der Waals surface area contributed by atoms with Crippen molar-refractivity contribution in [1.29, 1.82) is 0 Å². The molecule has 17 heavy (non-hydrogen) atoms. The molecule has 0 aliphatic carbocycles. The maximum Gasteiger partial charge on any atom is 0.325 e. The maximum absolute atomic E-state index is 12.0. The quantitative estimate of drug-likeness (QED) is 0.771. The van der Waals surface area contributed by atoms with Crippen LogP contribution in [0.2, 0.25) is 0 Å². The van der Waals surface area contributed by atoms with Gasteiger partial charge in [-0.05, 0) is 32.1 Å². The van der Waals surface area contributed by atoms with Gasteiger partial charge in [0.2, 0.25) is 0 Å². The number of nitrogens with one attached hydrogen (secondary N) is 1. The lowest BCUT2D eigenvalue weighted by Crippen LogP contribution is -2.55. The molecule has 1 fully saturated rings. The SMILES string of the molecule is CC1CC(C)C(C)N(C(=O)NC(C)C(=O)O)C1. The van der Waals surface area contributed by atoms with E-state index in [0.29, 0.717) is 18.4 Å². The van der Waals surface area contributed by atoms with Crippen molar-refractivity contribution in [1.82, 2.24) is 10.2 Å². The van der Waals surface area contributed by atoms with Crippen molar-refractivity contribution in [3.63, 3.8) is 0 Å². The Morgan fingerprint density at radius 1 is 1.35 bits per heavy atom. The summed E-state index contributed by atoms with van der Waals surface area (Å²) in [7, 11) is 0. The van der Waals surface area contributed by atoms with E-state index in [1.165, 1.54) is 6.92 Å². The van der Waals surface area contributed by atoms with E-state index >= 15 is 0 Å². The van der Waals surface area contributed by atoms with Crippen molar-refractivity contribution in [2.45, 2.75) is 46.2 Å². The highest BCUT2D eigenvalue weighted by Crippen LogP contribution is 2.26. The minimum absolute atomic E-state index is 0.159. The fraction of sp³-hybridized carbons (Fsp3) is 0.833. The van der Waals surface area contributed by atoms with Gasteiger partial charge in [-0.1, -0.05) is 13.8 Å². The summed E-state index contributed by atoms with van der Waals surface area (Å²) in [5.41, 5.74) is 0. The molecule has 0 aromatic rings. The Bertz CT molecular complexity index is 306. The van der Waals surface area contributed by atoms with Crippen molar-refractivity contribution in [3.05, 3.63) is 0 Å². The summed E-state index contributed by atoms with van der Waals surface area (Å²) in [5.74, 6) is -0.0965. The molecule has 4 unspecified atom stereocenters. The van der Waals surface area contributed by atoms with Gasteiger partial charge in [-0.15, -0.1) is 0 Å². The zero-order valence-electron chi connectivity index (χ0n) is 10.9. The van der Waals surface area contributed by atoms with Crippen LogP contribution in [0.4, 0.5) is 4.79 Å². The molecular formula is C12H22N2O3. The van der Waals surface area contributed by atoms with Gasteiger partial charge in [-0.2, -0.15) is 0 Å². The van der Waals surface area contributed by atoms with Gasteiger partial charge < -0.3 is 15.3 Å². The molecular weight excluding hydrogens is 220 g/mol. The predicted octanol–water partition coefficient (Wildman–Crippen LogP) is 1.54. The molecule has 1 saturated heterocycles. The lowest BCUT2D eigenvalue weighted by atomic mass is 9.86. The number of piperidine rings is 1. The molecule has 2 amide bonds. The van der Waals surface area contributed by atoms with Gasteiger partial charge in [0.05, 0.1) is 0 Å². The largest absolute Gasteiger partial charge is 0.480 e. The molecule has 4 atom stereocenters. The van der Waals surface area contributed by atoms with Crippen LogP contribution in [-0.2, 0) is 4.79 Å².